The highest BCUT2D eigenvalue weighted by Crippen LogP contribution is 2.18. The lowest BCUT2D eigenvalue weighted by Gasteiger charge is -2.33. The van der Waals surface area contributed by atoms with Gasteiger partial charge >= 0.3 is 6.18 Å². The smallest absolute Gasteiger partial charge is 0.422 e. The van der Waals surface area contributed by atoms with E-state index in [1.54, 1.807) is 13.8 Å². The fourth-order valence-corrected chi connectivity index (χ4v) is 2.45. The van der Waals surface area contributed by atoms with Crippen molar-refractivity contribution in [3.63, 3.8) is 0 Å². The number of halogens is 3. The number of aliphatic imine (C=N–C) groups is 1. The molecule has 1 atom stereocenters. The van der Waals surface area contributed by atoms with Crippen LogP contribution < -0.4 is 20.7 Å². The van der Waals surface area contributed by atoms with Gasteiger partial charge in [0.1, 0.15) is 0 Å². The standard InChI is InChI=1S/C17H20F3N5O3/c1-10-6-21-8-16(24-10,25-12(3)26)15(27)22-7-13-4-5-14(23-11(13)2)28-9-17(18,19)20/h4-6,8,24H,7,9H2,1-3H3,(H,22,27)(H,25,26). The molecule has 152 valence electrons. The average molecular weight is 399 g/mol. The number of nitrogens with one attached hydrogen (secondary N) is 3. The van der Waals surface area contributed by atoms with Crippen molar-refractivity contribution in [1.82, 2.24) is 20.9 Å². The number of aryl methyl sites for hydroxylation is 1. The molecule has 0 aliphatic carbocycles. The van der Waals surface area contributed by atoms with Gasteiger partial charge in [0.25, 0.3) is 5.91 Å². The zero-order valence-electron chi connectivity index (χ0n) is 15.5. The molecular weight excluding hydrogens is 379 g/mol. The van der Waals surface area contributed by atoms with Gasteiger partial charge in [0.2, 0.25) is 17.5 Å². The lowest BCUT2D eigenvalue weighted by molar-refractivity contribution is -0.154. The number of alkyl halides is 3. The molecule has 1 aliphatic heterocycles. The van der Waals surface area contributed by atoms with Gasteiger partial charge in [0.05, 0.1) is 6.21 Å². The first-order valence-electron chi connectivity index (χ1n) is 8.23. The Morgan fingerprint density at radius 1 is 1.29 bits per heavy atom. The van der Waals surface area contributed by atoms with E-state index in [9.17, 15) is 22.8 Å². The summed E-state index contributed by atoms with van der Waals surface area (Å²) in [5.74, 6) is -1.16. The molecule has 28 heavy (non-hydrogen) atoms. The SMILES string of the molecule is CC(=O)NC1(C(=O)NCc2ccc(OCC(F)(F)F)nc2C)C=NC=C(C)N1. The predicted octanol–water partition coefficient (Wildman–Crippen LogP) is 1.32. The second kappa shape index (κ2) is 8.28. The minimum Gasteiger partial charge on any atom is -0.468 e. The molecule has 0 saturated heterocycles. The number of aromatic nitrogens is 1. The first-order valence-corrected chi connectivity index (χ1v) is 8.23. The Labute approximate surface area is 159 Å². The summed E-state index contributed by atoms with van der Waals surface area (Å²) < 4.78 is 41.2. The van der Waals surface area contributed by atoms with Crippen LogP contribution in [0.25, 0.3) is 0 Å². The average Bonchev–Trinajstić information content (AvgIpc) is 2.57. The third kappa shape index (κ3) is 5.69. The van der Waals surface area contributed by atoms with Gasteiger partial charge in [-0.05, 0) is 19.4 Å². The molecular formula is C17H20F3N5O3. The number of carbonyl (C=O) groups is 2. The van der Waals surface area contributed by atoms with Gasteiger partial charge < -0.3 is 20.7 Å². The zero-order chi connectivity index (χ0) is 20.9. The van der Waals surface area contributed by atoms with E-state index in [0.717, 1.165) is 0 Å². The molecule has 8 nitrogen and oxygen atoms in total. The van der Waals surface area contributed by atoms with Crippen LogP contribution in [0.3, 0.4) is 0 Å². The van der Waals surface area contributed by atoms with E-state index in [2.05, 4.69) is 30.7 Å². The molecule has 2 heterocycles. The molecule has 0 saturated carbocycles. The van der Waals surface area contributed by atoms with Crippen LogP contribution >= 0.6 is 0 Å². The predicted molar refractivity (Wildman–Crippen MR) is 94.3 cm³/mol. The molecule has 0 aromatic carbocycles. The van der Waals surface area contributed by atoms with Gasteiger partial charge in [-0.1, -0.05) is 6.07 Å². The van der Waals surface area contributed by atoms with E-state index in [4.69, 9.17) is 0 Å². The van der Waals surface area contributed by atoms with Crippen LogP contribution in [0.15, 0.2) is 29.0 Å². The number of carbonyl (C=O) groups excluding carboxylic acids is 2. The van der Waals surface area contributed by atoms with Crippen molar-refractivity contribution in [1.29, 1.82) is 0 Å². The molecule has 3 N–H and O–H groups in total. The van der Waals surface area contributed by atoms with E-state index in [0.29, 0.717) is 17.0 Å². The number of pyridine rings is 1. The second-order valence-electron chi connectivity index (χ2n) is 6.19. The number of rotatable bonds is 6. The maximum absolute atomic E-state index is 12.7. The van der Waals surface area contributed by atoms with E-state index in [1.807, 2.05) is 0 Å². The normalized spacial score (nSPS) is 18.7. The fourth-order valence-electron chi connectivity index (χ4n) is 2.45. The van der Waals surface area contributed by atoms with Crippen molar-refractivity contribution >= 4 is 18.0 Å². The second-order valence-corrected chi connectivity index (χ2v) is 6.19. The number of hydrogen-bond donors (Lipinski definition) is 3. The number of ether oxygens (including phenoxy) is 1. The van der Waals surface area contributed by atoms with Gasteiger partial charge in [0.15, 0.2) is 6.61 Å². The monoisotopic (exact) mass is 399 g/mol. The molecule has 0 fully saturated rings. The molecule has 1 aliphatic rings. The Morgan fingerprint density at radius 2 is 2.00 bits per heavy atom. The summed E-state index contributed by atoms with van der Waals surface area (Å²) in [5, 5.41) is 8.06. The van der Waals surface area contributed by atoms with Crippen molar-refractivity contribution in [3.05, 3.63) is 35.3 Å². The first kappa shape index (κ1) is 21.2. The Morgan fingerprint density at radius 3 is 2.57 bits per heavy atom. The maximum Gasteiger partial charge on any atom is 0.422 e. The van der Waals surface area contributed by atoms with E-state index in [1.165, 1.54) is 31.5 Å². The number of hydrogen-bond acceptors (Lipinski definition) is 6. The van der Waals surface area contributed by atoms with Crippen molar-refractivity contribution in [3.8, 4) is 5.88 Å². The maximum atomic E-state index is 12.7. The number of amides is 2. The summed E-state index contributed by atoms with van der Waals surface area (Å²) in [6, 6.07) is 2.80. The van der Waals surface area contributed by atoms with Gasteiger partial charge in [-0.2, -0.15) is 13.2 Å². The highest BCUT2D eigenvalue weighted by atomic mass is 19.4. The highest BCUT2D eigenvalue weighted by molar-refractivity contribution is 6.06. The molecule has 1 aromatic rings. The molecule has 0 radical (unpaired) electrons. The largest absolute Gasteiger partial charge is 0.468 e. The van der Waals surface area contributed by atoms with Crippen LogP contribution in [-0.4, -0.2) is 41.5 Å². The zero-order valence-corrected chi connectivity index (χ0v) is 15.5. The summed E-state index contributed by atoms with van der Waals surface area (Å²) >= 11 is 0. The molecule has 11 heteroatoms. The van der Waals surface area contributed by atoms with E-state index < -0.39 is 30.3 Å². The van der Waals surface area contributed by atoms with E-state index >= 15 is 0 Å². The summed E-state index contributed by atoms with van der Waals surface area (Å²) in [4.78, 5) is 32.1. The Hall–Kier alpha value is -3.11. The summed E-state index contributed by atoms with van der Waals surface area (Å²) in [6.07, 6.45) is -1.68. The van der Waals surface area contributed by atoms with Crippen LogP contribution in [0.5, 0.6) is 5.88 Å². The third-order valence-corrected chi connectivity index (χ3v) is 3.65. The van der Waals surface area contributed by atoms with Crippen LogP contribution in [0, 0.1) is 6.92 Å². The van der Waals surface area contributed by atoms with Crippen molar-refractivity contribution < 1.29 is 27.5 Å². The van der Waals surface area contributed by atoms with Gasteiger partial charge in [-0.15, -0.1) is 0 Å². The summed E-state index contributed by atoms with van der Waals surface area (Å²) in [6.45, 7) is 3.14. The Kier molecular flexibility index (Phi) is 6.26. The van der Waals surface area contributed by atoms with Gasteiger partial charge in [0, 0.05) is 37.1 Å². The van der Waals surface area contributed by atoms with Crippen molar-refractivity contribution in [2.45, 2.75) is 39.2 Å². The lowest BCUT2D eigenvalue weighted by Crippen LogP contribution is -2.68. The van der Waals surface area contributed by atoms with Crippen LogP contribution in [0.4, 0.5) is 13.2 Å². The summed E-state index contributed by atoms with van der Waals surface area (Å²) in [5.41, 5.74) is 0.0119. The van der Waals surface area contributed by atoms with E-state index in [-0.39, 0.29) is 12.4 Å². The fraction of sp³-hybridized carbons (Fsp3) is 0.412. The topological polar surface area (TPSA) is 105 Å². The van der Waals surface area contributed by atoms with Crippen molar-refractivity contribution in [2.75, 3.05) is 6.61 Å². The highest BCUT2D eigenvalue weighted by Gasteiger charge is 2.39. The quantitative estimate of drug-likeness (QED) is 0.669. The molecule has 0 spiro atoms. The number of allylic oxidation sites excluding steroid dienone is 1. The van der Waals surface area contributed by atoms with Crippen LogP contribution in [0.2, 0.25) is 0 Å². The molecule has 2 amide bonds. The lowest BCUT2D eigenvalue weighted by atomic mass is 10.1. The minimum atomic E-state index is -4.46. The molecule has 0 bridgehead atoms. The van der Waals surface area contributed by atoms with Crippen LogP contribution in [-0.2, 0) is 16.1 Å². The summed E-state index contributed by atoms with van der Waals surface area (Å²) in [7, 11) is 0. The van der Waals surface area contributed by atoms with Gasteiger partial charge in [-0.25, -0.2) is 4.98 Å². The van der Waals surface area contributed by atoms with Crippen LogP contribution in [0.1, 0.15) is 25.1 Å². The molecule has 2 rings (SSSR count). The minimum absolute atomic E-state index is 0.0385. The first-order chi connectivity index (χ1) is 13.0. The Balaban J connectivity index is 2.05. The third-order valence-electron chi connectivity index (χ3n) is 3.65. The molecule has 1 aromatic heterocycles. The van der Waals surface area contributed by atoms with Gasteiger partial charge in [-0.3, -0.25) is 14.6 Å². The molecule has 1 unspecified atom stereocenters. The van der Waals surface area contributed by atoms with Crippen molar-refractivity contribution in [2.24, 2.45) is 4.99 Å². The Bertz CT molecular complexity index is 819. The number of nitrogens with zero attached hydrogens (tertiary/aromatic N) is 2.